The normalized spacial score (nSPS) is 17.4. The lowest BCUT2D eigenvalue weighted by atomic mass is 10.1. The second-order valence-electron chi connectivity index (χ2n) is 8.41. The Balaban J connectivity index is 1.50. The van der Waals surface area contributed by atoms with Gasteiger partial charge in [-0.1, -0.05) is 36.8 Å². The van der Waals surface area contributed by atoms with Crippen LogP contribution in [0.25, 0.3) is 10.2 Å². The minimum atomic E-state index is -0.117. The summed E-state index contributed by atoms with van der Waals surface area (Å²) in [5.74, 6) is 0.989. The molecule has 1 saturated heterocycles. The lowest BCUT2D eigenvalue weighted by molar-refractivity contribution is 0.156. The van der Waals surface area contributed by atoms with Crippen LogP contribution >= 0.6 is 11.3 Å². The maximum absolute atomic E-state index is 4.83. The Labute approximate surface area is 170 Å². The third-order valence-corrected chi connectivity index (χ3v) is 6.39. The van der Waals surface area contributed by atoms with Crippen LogP contribution < -0.4 is 4.90 Å². The van der Waals surface area contributed by atoms with Crippen LogP contribution in [0.2, 0.25) is 0 Å². The molecule has 2 aromatic heterocycles. The number of para-hydroxylation sites is 1. The largest absolute Gasteiger partial charge is 0.345 e. The van der Waals surface area contributed by atoms with Gasteiger partial charge in [-0.2, -0.15) is 0 Å². The molecule has 150 valence electrons. The van der Waals surface area contributed by atoms with E-state index < -0.39 is 0 Å². The number of tetrazole rings is 1. The van der Waals surface area contributed by atoms with E-state index in [1.54, 1.807) is 11.3 Å². The summed E-state index contributed by atoms with van der Waals surface area (Å²) in [6, 6.07) is 8.64. The number of thiazole rings is 1. The van der Waals surface area contributed by atoms with E-state index in [4.69, 9.17) is 4.98 Å². The molecule has 0 amide bonds. The van der Waals surface area contributed by atoms with Crippen molar-refractivity contribution in [2.75, 3.05) is 31.1 Å². The second-order valence-corrected chi connectivity index (χ2v) is 9.42. The summed E-state index contributed by atoms with van der Waals surface area (Å²) in [7, 11) is 0. The van der Waals surface area contributed by atoms with E-state index >= 15 is 0 Å². The number of benzene rings is 1. The van der Waals surface area contributed by atoms with Gasteiger partial charge in [0.2, 0.25) is 0 Å². The molecule has 0 aliphatic carbocycles. The Morgan fingerprint density at radius 3 is 2.54 bits per heavy atom. The molecule has 1 aliphatic heterocycles. The fourth-order valence-electron chi connectivity index (χ4n) is 3.85. The van der Waals surface area contributed by atoms with E-state index in [-0.39, 0.29) is 11.6 Å². The first-order chi connectivity index (χ1) is 13.5. The van der Waals surface area contributed by atoms with Gasteiger partial charge in [-0.05, 0) is 49.8 Å². The lowest BCUT2D eigenvalue weighted by Crippen LogP contribution is -2.48. The van der Waals surface area contributed by atoms with Gasteiger partial charge in [0.1, 0.15) is 0 Å². The molecule has 1 fully saturated rings. The molecule has 4 rings (SSSR count). The molecule has 0 bridgehead atoms. The first kappa shape index (κ1) is 19.3. The van der Waals surface area contributed by atoms with Crippen LogP contribution in [-0.4, -0.2) is 56.3 Å². The Bertz CT molecular complexity index is 885. The molecule has 0 radical (unpaired) electrons. The van der Waals surface area contributed by atoms with Crippen LogP contribution in [0.4, 0.5) is 5.13 Å². The molecule has 1 aromatic carbocycles. The Hall–Kier alpha value is -2.06. The topological polar surface area (TPSA) is 63.0 Å². The lowest BCUT2D eigenvalue weighted by Gasteiger charge is -2.39. The van der Waals surface area contributed by atoms with Gasteiger partial charge < -0.3 is 4.90 Å². The molecule has 0 saturated carbocycles. The fraction of sp³-hybridized carbons (Fsp3) is 0.600. The average Bonchev–Trinajstić information content (AvgIpc) is 3.33. The summed E-state index contributed by atoms with van der Waals surface area (Å²) in [5.41, 5.74) is 0.978. The molecule has 7 nitrogen and oxygen atoms in total. The summed E-state index contributed by atoms with van der Waals surface area (Å²) in [6.07, 6.45) is 2.18. The predicted octanol–water partition coefficient (Wildman–Crippen LogP) is 3.70. The molecule has 1 aliphatic rings. The van der Waals surface area contributed by atoms with Crippen molar-refractivity contribution in [3.05, 3.63) is 30.1 Å². The SMILES string of the molecule is CCC[C@H](c1nnnn1C(C)(C)C)N1CCN(c2nc3ccccc3s2)CC1. The zero-order valence-electron chi connectivity index (χ0n) is 17.2. The third kappa shape index (κ3) is 3.75. The molecule has 3 heterocycles. The number of rotatable bonds is 5. The molecule has 28 heavy (non-hydrogen) atoms. The van der Waals surface area contributed by atoms with Crippen molar-refractivity contribution in [1.29, 1.82) is 0 Å². The Morgan fingerprint density at radius 2 is 1.86 bits per heavy atom. The number of nitrogens with zero attached hydrogens (tertiary/aromatic N) is 7. The molecule has 0 N–H and O–H groups in total. The van der Waals surface area contributed by atoms with Crippen LogP contribution in [0, 0.1) is 0 Å². The van der Waals surface area contributed by atoms with Crippen LogP contribution in [0.1, 0.15) is 52.4 Å². The smallest absolute Gasteiger partial charge is 0.186 e. The first-order valence-corrected chi connectivity index (χ1v) is 10.9. The van der Waals surface area contributed by atoms with Gasteiger partial charge in [-0.15, -0.1) is 5.10 Å². The van der Waals surface area contributed by atoms with Crippen molar-refractivity contribution in [3.8, 4) is 0 Å². The van der Waals surface area contributed by atoms with Gasteiger partial charge in [0.15, 0.2) is 11.0 Å². The molecular weight excluding hydrogens is 370 g/mol. The zero-order chi connectivity index (χ0) is 19.7. The monoisotopic (exact) mass is 399 g/mol. The van der Waals surface area contributed by atoms with E-state index in [2.05, 4.69) is 77.3 Å². The maximum Gasteiger partial charge on any atom is 0.186 e. The number of piperazine rings is 1. The average molecular weight is 400 g/mol. The highest BCUT2D eigenvalue weighted by atomic mass is 32.1. The van der Waals surface area contributed by atoms with E-state index in [9.17, 15) is 0 Å². The van der Waals surface area contributed by atoms with Gasteiger partial charge in [-0.25, -0.2) is 9.67 Å². The van der Waals surface area contributed by atoms with Crippen molar-refractivity contribution in [3.63, 3.8) is 0 Å². The predicted molar refractivity (Wildman–Crippen MR) is 114 cm³/mol. The van der Waals surface area contributed by atoms with Crippen LogP contribution in [0.3, 0.4) is 0 Å². The molecule has 8 heteroatoms. The number of aromatic nitrogens is 5. The van der Waals surface area contributed by atoms with Gasteiger partial charge in [0.25, 0.3) is 0 Å². The minimum Gasteiger partial charge on any atom is -0.345 e. The van der Waals surface area contributed by atoms with Crippen molar-refractivity contribution in [1.82, 2.24) is 30.1 Å². The van der Waals surface area contributed by atoms with Crippen LogP contribution in [-0.2, 0) is 5.54 Å². The Kier molecular flexibility index (Phi) is 5.33. The standard InChI is InChI=1S/C20H29N7S/c1-5-8-16(18-22-23-24-27(18)20(2,3)4)25-11-13-26(14-12-25)19-21-15-9-6-7-10-17(15)28-19/h6-7,9-10,16H,5,8,11-14H2,1-4H3/t16-/m1/s1. The first-order valence-electron chi connectivity index (χ1n) is 10.1. The van der Waals surface area contributed by atoms with Crippen LogP contribution in [0.5, 0.6) is 0 Å². The zero-order valence-corrected chi connectivity index (χ0v) is 18.0. The summed E-state index contributed by atoms with van der Waals surface area (Å²) in [6.45, 7) is 12.7. The highest BCUT2D eigenvalue weighted by molar-refractivity contribution is 7.22. The van der Waals surface area contributed by atoms with Gasteiger partial charge in [-0.3, -0.25) is 4.90 Å². The summed E-state index contributed by atoms with van der Waals surface area (Å²) in [5, 5.41) is 13.8. The minimum absolute atomic E-state index is 0.117. The molecule has 3 aromatic rings. The molecular formula is C20H29N7S. The van der Waals surface area contributed by atoms with Crippen molar-refractivity contribution in [2.45, 2.75) is 52.1 Å². The third-order valence-electron chi connectivity index (χ3n) is 5.30. The maximum atomic E-state index is 4.83. The number of hydrogen-bond acceptors (Lipinski definition) is 7. The van der Waals surface area contributed by atoms with Gasteiger partial charge in [0, 0.05) is 26.2 Å². The summed E-state index contributed by atoms with van der Waals surface area (Å²) in [4.78, 5) is 9.78. The quantitative estimate of drug-likeness (QED) is 0.652. The van der Waals surface area contributed by atoms with E-state index in [1.807, 2.05) is 4.68 Å². The van der Waals surface area contributed by atoms with E-state index in [0.29, 0.717) is 0 Å². The van der Waals surface area contributed by atoms with Crippen molar-refractivity contribution >= 4 is 26.7 Å². The highest BCUT2D eigenvalue weighted by Gasteiger charge is 2.31. The fourth-order valence-corrected chi connectivity index (χ4v) is 4.87. The van der Waals surface area contributed by atoms with Crippen molar-refractivity contribution < 1.29 is 0 Å². The molecule has 0 unspecified atom stereocenters. The summed E-state index contributed by atoms with van der Waals surface area (Å²) < 4.78 is 3.25. The molecule has 1 atom stereocenters. The second kappa shape index (κ2) is 7.75. The van der Waals surface area contributed by atoms with Gasteiger partial charge in [0.05, 0.1) is 21.8 Å². The number of fused-ring (bicyclic) bond motifs is 1. The van der Waals surface area contributed by atoms with Crippen LogP contribution in [0.15, 0.2) is 24.3 Å². The summed E-state index contributed by atoms with van der Waals surface area (Å²) >= 11 is 1.79. The van der Waals surface area contributed by atoms with E-state index in [1.165, 1.54) is 4.70 Å². The number of hydrogen-bond donors (Lipinski definition) is 0. The van der Waals surface area contributed by atoms with Gasteiger partial charge >= 0.3 is 0 Å². The van der Waals surface area contributed by atoms with Crippen molar-refractivity contribution in [2.24, 2.45) is 0 Å². The van der Waals surface area contributed by atoms with E-state index in [0.717, 1.165) is 55.5 Å². The highest BCUT2D eigenvalue weighted by Crippen LogP contribution is 2.32. The number of anilines is 1. The Morgan fingerprint density at radius 1 is 1.11 bits per heavy atom. The molecule has 0 spiro atoms.